The van der Waals surface area contributed by atoms with Gasteiger partial charge in [-0.25, -0.2) is 9.18 Å². The molecule has 1 aromatic rings. The summed E-state index contributed by atoms with van der Waals surface area (Å²) < 4.78 is 22.4. The van der Waals surface area contributed by atoms with E-state index in [4.69, 9.17) is 15.2 Å². The number of hydrogen-bond acceptors (Lipinski definition) is 13. The number of benzene rings is 1. The van der Waals surface area contributed by atoms with Gasteiger partial charge >= 0.3 is 5.97 Å². The fraction of sp³-hybridized carbons (Fsp3) is 0.576. The standard InChI is InChI=1S/C33H41FN2O12/c1-30-11-9-21(38)13-20(30)7-8-22-23-14-25(39)33(44,31(23,2)15-26(40)32(22,30)34)27(41)17-47-29(43)24(16-37)35-28(42)19-5-3-18(4-6-19)10-12-48-36(45)46/h3-6,9,11,13,22-26,37,39-40,44-46H,7-8,10,12,14-17H2,1-2H3,(H,35,42)/t22-,23-,24?,25?,26-,30-,31-,32-,33-/m0/s1. The van der Waals surface area contributed by atoms with E-state index in [-0.39, 0.29) is 37.2 Å². The lowest BCUT2D eigenvalue weighted by Gasteiger charge is -2.62. The monoisotopic (exact) mass is 676 g/mol. The average molecular weight is 677 g/mol. The molecule has 5 rings (SSSR count). The number of amides is 1. The quantitative estimate of drug-likeness (QED) is 0.126. The van der Waals surface area contributed by atoms with Crippen LogP contribution in [-0.2, 0) is 30.4 Å². The smallest absolute Gasteiger partial charge is 0.331 e. The van der Waals surface area contributed by atoms with Gasteiger partial charge in [-0.3, -0.25) is 29.6 Å². The number of ether oxygens (including phenoxy) is 1. The Morgan fingerprint density at radius 3 is 2.44 bits per heavy atom. The van der Waals surface area contributed by atoms with Crippen LogP contribution in [-0.4, -0.2) is 109 Å². The first-order valence-corrected chi connectivity index (χ1v) is 15.8. The molecular weight excluding hydrogens is 635 g/mol. The molecule has 2 unspecified atom stereocenters. The maximum atomic E-state index is 17.3. The summed E-state index contributed by atoms with van der Waals surface area (Å²) in [5, 5.41) is 63.3. The topological polar surface area (TPSA) is 223 Å². The van der Waals surface area contributed by atoms with Gasteiger partial charge in [0.05, 0.1) is 30.8 Å². The molecular formula is C33H41FN2O12. The molecule has 48 heavy (non-hydrogen) atoms. The van der Waals surface area contributed by atoms with Crippen LogP contribution in [0.1, 0.15) is 55.5 Å². The highest BCUT2D eigenvalue weighted by Crippen LogP contribution is 2.69. The summed E-state index contributed by atoms with van der Waals surface area (Å²) in [5.74, 6) is -4.92. The van der Waals surface area contributed by atoms with Crippen molar-refractivity contribution in [1.29, 1.82) is 0 Å². The number of ketones is 2. The Morgan fingerprint density at radius 1 is 1.10 bits per heavy atom. The summed E-state index contributed by atoms with van der Waals surface area (Å²) in [4.78, 5) is 55.7. The number of rotatable bonds is 11. The molecule has 1 amide bonds. The van der Waals surface area contributed by atoms with Crippen molar-refractivity contribution in [3.8, 4) is 0 Å². The van der Waals surface area contributed by atoms with Crippen molar-refractivity contribution in [2.45, 2.75) is 75.5 Å². The molecule has 0 heterocycles. The number of hydrogen-bond donors (Lipinski definition) is 7. The van der Waals surface area contributed by atoms with Gasteiger partial charge in [0.15, 0.2) is 29.7 Å². The molecule has 0 spiro atoms. The van der Waals surface area contributed by atoms with Crippen molar-refractivity contribution in [2.24, 2.45) is 22.7 Å². The van der Waals surface area contributed by atoms with Crippen LogP contribution in [0, 0.1) is 22.7 Å². The first-order valence-electron chi connectivity index (χ1n) is 15.8. The van der Waals surface area contributed by atoms with E-state index in [1.54, 1.807) is 19.1 Å². The fourth-order valence-corrected chi connectivity index (χ4v) is 8.56. The Kier molecular flexibility index (Phi) is 9.82. The van der Waals surface area contributed by atoms with Gasteiger partial charge < -0.3 is 30.5 Å². The lowest BCUT2D eigenvalue weighted by Crippen LogP contribution is -2.69. The summed E-state index contributed by atoms with van der Waals surface area (Å²) in [5.41, 5.74) is -6.23. The van der Waals surface area contributed by atoms with Crippen molar-refractivity contribution in [3.05, 3.63) is 59.2 Å². The largest absolute Gasteiger partial charge is 0.456 e. The van der Waals surface area contributed by atoms with Crippen molar-refractivity contribution >= 4 is 23.4 Å². The molecule has 14 nitrogen and oxygen atoms in total. The number of allylic oxidation sites excluding steroid dienone is 4. The summed E-state index contributed by atoms with van der Waals surface area (Å²) >= 11 is 0. The van der Waals surface area contributed by atoms with Gasteiger partial charge in [-0.15, -0.1) is 0 Å². The Balaban J connectivity index is 1.25. The van der Waals surface area contributed by atoms with Crippen LogP contribution >= 0.6 is 0 Å². The minimum Gasteiger partial charge on any atom is -0.456 e. The predicted octanol–water partition coefficient (Wildman–Crippen LogP) is 0.517. The number of nitrogens with zero attached hydrogens (tertiary/aromatic N) is 1. The molecule has 0 bridgehead atoms. The zero-order valence-electron chi connectivity index (χ0n) is 26.5. The zero-order chi connectivity index (χ0) is 35.2. The molecule has 0 aromatic heterocycles. The van der Waals surface area contributed by atoms with Crippen LogP contribution in [0.4, 0.5) is 4.39 Å². The van der Waals surface area contributed by atoms with E-state index in [1.807, 2.05) is 0 Å². The molecule has 1 aromatic carbocycles. The average Bonchev–Trinajstić information content (AvgIpc) is 3.24. The second-order valence-corrected chi connectivity index (χ2v) is 13.6. The minimum absolute atomic E-state index is 0.0575. The van der Waals surface area contributed by atoms with Gasteiger partial charge in [0.2, 0.25) is 5.78 Å². The number of carbonyl (C=O) groups is 4. The van der Waals surface area contributed by atoms with Crippen molar-refractivity contribution in [1.82, 2.24) is 10.7 Å². The highest BCUT2D eigenvalue weighted by molar-refractivity contribution is 6.01. The number of aliphatic hydroxyl groups is 4. The van der Waals surface area contributed by atoms with Crippen molar-refractivity contribution in [3.63, 3.8) is 0 Å². The molecule has 3 saturated carbocycles. The summed E-state index contributed by atoms with van der Waals surface area (Å²) in [6.07, 6.45) is 1.07. The Bertz CT molecular complexity index is 1520. The van der Waals surface area contributed by atoms with Crippen LogP contribution in [0.5, 0.6) is 0 Å². The van der Waals surface area contributed by atoms with Crippen molar-refractivity contribution < 1.29 is 64.0 Å². The highest BCUT2D eigenvalue weighted by atomic mass is 19.1. The van der Waals surface area contributed by atoms with Gasteiger partial charge in [-0.05, 0) is 74.8 Å². The van der Waals surface area contributed by atoms with E-state index in [2.05, 4.69) is 10.2 Å². The number of aliphatic hydroxyl groups excluding tert-OH is 3. The molecule has 4 aliphatic carbocycles. The number of halogens is 1. The molecule has 7 N–H and O–H groups in total. The maximum Gasteiger partial charge on any atom is 0.331 e. The first-order chi connectivity index (χ1) is 22.5. The zero-order valence-corrected chi connectivity index (χ0v) is 26.5. The number of Topliss-reactive ketones (excluding diaryl/α,β-unsaturated/α-hetero) is 1. The number of esters is 1. The van der Waals surface area contributed by atoms with E-state index >= 15 is 4.39 Å². The molecule has 3 fully saturated rings. The van der Waals surface area contributed by atoms with Gasteiger partial charge in [0.1, 0.15) is 0 Å². The highest BCUT2D eigenvalue weighted by Gasteiger charge is 2.76. The van der Waals surface area contributed by atoms with Gasteiger partial charge in [-0.2, -0.15) is 0 Å². The van der Waals surface area contributed by atoms with E-state index in [9.17, 15) is 39.6 Å². The molecule has 262 valence electrons. The molecule has 0 saturated heterocycles. The first kappa shape index (κ1) is 35.9. The molecule has 0 aliphatic heterocycles. The van der Waals surface area contributed by atoms with Crippen LogP contribution in [0.2, 0.25) is 0 Å². The molecule has 0 radical (unpaired) electrons. The summed E-state index contributed by atoms with van der Waals surface area (Å²) in [6.45, 7) is 1.15. The number of alkyl halides is 1. The van der Waals surface area contributed by atoms with E-state index in [0.29, 0.717) is 17.6 Å². The third-order valence-electron chi connectivity index (χ3n) is 11.2. The van der Waals surface area contributed by atoms with Crippen LogP contribution in [0.15, 0.2) is 48.1 Å². The third kappa shape index (κ3) is 5.71. The normalized spacial score (nSPS) is 36.0. The molecule has 15 heteroatoms. The van der Waals surface area contributed by atoms with E-state index in [0.717, 1.165) is 0 Å². The Morgan fingerprint density at radius 2 is 1.79 bits per heavy atom. The second-order valence-electron chi connectivity index (χ2n) is 13.6. The van der Waals surface area contributed by atoms with Crippen molar-refractivity contribution in [2.75, 3.05) is 19.8 Å². The lowest BCUT2D eigenvalue weighted by molar-refractivity contribution is -0.492. The Hall–Kier alpha value is -3.41. The number of fused-ring (bicyclic) bond motifs is 5. The van der Waals surface area contributed by atoms with Gasteiger partial charge in [0, 0.05) is 22.3 Å². The second kappa shape index (κ2) is 13.1. The fourth-order valence-electron chi connectivity index (χ4n) is 8.56. The van der Waals surface area contributed by atoms with Gasteiger partial charge in [-0.1, -0.05) is 30.7 Å². The summed E-state index contributed by atoms with van der Waals surface area (Å²) in [6, 6.07) is 4.39. The molecule has 4 aliphatic rings. The summed E-state index contributed by atoms with van der Waals surface area (Å²) in [7, 11) is 0. The van der Waals surface area contributed by atoms with E-state index < -0.39 is 94.9 Å². The molecule has 9 atom stereocenters. The van der Waals surface area contributed by atoms with Gasteiger partial charge in [0.25, 0.3) is 5.91 Å². The van der Waals surface area contributed by atoms with Crippen LogP contribution in [0.25, 0.3) is 0 Å². The van der Waals surface area contributed by atoms with E-state index in [1.165, 1.54) is 37.3 Å². The minimum atomic E-state index is -2.52. The predicted molar refractivity (Wildman–Crippen MR) is 161 cm³/mol. The number of carbonyl (C=O) groups excluding carboxylic acids is 4. The van der Waals surface area contributed by atoms with Crippen LogP contribution in [0.3, 0.4) is 0 Å². The maximum absolute atomic E-state index is 17.3. The number of nitrogens with one attached hydrogen (secondary N) is 1. The lowest BCUT2D eigenvalue weighted by atomic mass is 9.44. The SMILES string of the molecule is C[C@]12C=CC(=O)C=C1CC[C@H]1[C@@H]3CC(O)[C@](O)(C(=O)COC(=O)C(CO)NC(=O)c4ccc(CCON(O)O)cc4)[C@@]3(C)C[C@H](O)[C@@]12F. The van der Waals surface area contributed by atoms with Crippen LogP contribution < -0.4 is 5.32 Å². The third-order valence-corrected chi connectivity index (χ3v) is 11.2. The Labute approximate surface area is 275 Å².